The molecule has 0 aliphatic carbocycles. The summed E-state index contributed by atoms with van der Waals surface area (Å²) in [6.07, 6.45) is 7.74. The van der Waals surface area contributed by atoms with E-state index >= 15 is 0 Å². The number of rotatable bonds is 9. The first-order valence-electron chi connectivity index (χ1n) is 13.4. The number of aryl methyl sites for hydroxylation is 2. The summed E-state index contributed by atoms with van der Waals surface area (Å²) in [5.41, 5.74) is 6.83. The number of hydrogen-bond donors (Lipinski definition) is 3. The molecule has 6 heterocycles. The van der Waals surface area contributed by atoms with E-state index in [1.54, 1.807) is 19.5 Å². The lowest BCUT2D eigenvalue weighted by Gasteiger charge is -2.19. The molecule has 10 nitrogen and oxygen atoms in total. The Kier molecular flexibility index (Phi) is 6.99. The van der Waals surface area contributed by atoms with Gasteiger partial charge < -0.3 is 25.0 Å². The molecule has 2 aliphatic heterocycles. The van der Waals surface area contributed by atoms with E-state index in [0.717, 1.165) is 59.4 Å². The average molecular weight is 528 g/mol. The molecule has 0 spiro atoms. The van der Waals surface area contributed by atoms with Gasteiger partial charge in [0.15, 0.2) is 0 Å². The monoisotopic (exact) mass is 527 g/mol. The number of aliphatic hydroxyl groups is 1. The molecule has 1 atom stereocenters. The second-order valence-corrected chi connectivity index (χ2v) is 10.3. The average Bonchev–Trinajstić information content (AvgIpc) is 3.64. The Morgan fingerprint density at radius 3 is 2.95 bits per heavy atom. The zero-order valence-electron chi connectivity index (χ0n) is 22.3. The number of likely N-dealkylation sites (tertiary alicyclic amines) is 1. The van der Waals surface area contributed by atoms with Crippen LogP contribution >= 0.6 is 0 Å². The second kappa shape index (κ2) is 10.7. The SMILES string of the molecule is COCCCc1ccc(Nc2cnc(-c3ccnc4c3ccn4C)c3c2C(=O)NC3)nc1CN1CC[C@@H](O)C1. The van der Waals surface area contributed by atoms with Crippen LogP contribution in [0.5, 0.6) is 0 Å². The van der Waals surface area contributed by atoms with Crippen LogP contribution in [0, 0.1) is 0 Å². The van der Waals surface area contributed by atoms with Crippen LogP contribution in [-0.2, 0) is 31.3 Å². The fraction of sp³-hybridized carbons (Fsp3) is 0.379. The van der Waals surface area contributed by atoms with Crippen molar-refractivity contribution >= 4 is 28.4 Å². The van der Waals surface area contributed by atoms with Gasteiger partial charge in [-0.05, 0) is 43.0 Å². The highest BCUT2D eigenvalue weighted by Gasteiger charge is 2.28. The van der Waals surface area contributed by atoms with Gasteiger partial charge in [0.25, 0.3) is 5.91 Å². The van der Waals surface area contributed by atoms with Gasteiger partial charge in [0, 0.05) is 75.9 Å². The van der Waals surface area contributed by atoms with Gasteiger partial charge in [0.1, 0.15) is 11.5 Å². The van der Waals surface area contributed by atoms with E-state index in [0.29, 0.717) is 43.3 Å². The number of hydrogen-bond acceptors (Lipinski definition) is 8. The number of methoxy groups -OCH3 is 1. The smallest absolute Gasteiger partial charge is 0.254 e. The van der Waals surface area contributed by atoms with Crippen LogP contribution < -0.4 is 10.6 Å². The zero-order valence-corrected chi connectivity index (χ0v) is 22.3. The summed E-state index contributed by atoms with van der Waals surface area (Å²) in [7, 11) is 3.67. The lowest BCUT2D eigenvalue weighted by atomic mass is 10.0. The van der Waals surface area contributed by atoms with Crippen molar-refractivity contribution in [1.82, 2.24) is 29.7 Å². The normalized spacial score (nSPS) is 17.1. The lowest BCUT2D eigenvalue weighted by molar-refractivity contribution is 0.0966. The van der Waals surface area contributed by atoms with E-state index in [1.165, 1.54) is 5.56 Å². The molecule has 3 N–H and O–H groups in total. The molecule has 0 radical (unpaired) electrons. The molecule has 0 unspecified atom stereocenters. The molecule has 39 heavy (non-hydrogen) atoms. The standard InChI is InChI=1S/C29H33N7O3/c1-35-11-9-21-20(7-10-30-28(21)35)27-22-14-32-29(38)26(22)23(15-31-27)33-25-6-5-18(4-3-13-39-2)24(34-25)17-36-12-8-19(37)16-36/h5-7,9-11,15,19,37H,3-4,8,12-14,16-17H2,1-2H3,(H,32,38)(H,33,34)/t19-/m1/s1. The molecule has 1 amide bonds. The highest BCUT2D eigenvalue weighted by Crippen LogP contribution is 2.36. The van der Waals surface area contributed by atoms with Crippen LogP contribution in [0.1, 0.15) is 40.0 Å². The van der Waals surface area contributed by atoms with E-state index in [2.05, 4.69) is 26.6 Å². The first-order chi connectivity index (χ1) is 19.0. The molecule has 10 heteroatoms. The van der Waals surface area contributed by atoms with Crippen molar-refractivity contribution < 1.29 is 14.6 Å². The third-order valence-corrected chi connectivity index (χ3v) is 7.60. The number of carbonyl (C=O) groups is 1. The Morgan fingerprint density at radius 1 is 1.23 bits per heavy atom. The predicted molar refractivity (Wildman–Crippen MR) is 149 cm³/mol. The number of aliphatic hydroxyl groups excluding tert-OH is 1. The summed E-state index contributed by atoms with van der Waals surface area (Å²) >= 11 is 0. The molecule has 1 saturated heterocycles. The van der Waals surface area contributed by atoms with Crippen molar-refractivity contribution in [3.63, 3.8) is 0 Å². The van der Waals surface area contributed by atoms with E-state index in [1.807, 2.05) is 36.0 Å². The molecule has 6 rings (SSSR count). The zero-order chi connectivity index (χ0) is 26.9. The van der Waals surface area contributed by atoms with Gasteiger partial charge in [-0.2, -0.15) is 0 Å². The maximum atomic E-state index is 13.0. The van der Waals surface area contributed by atoms with Gasteiger partial charge in [0.2, 0.25) is 0 Å². The largest absolute Gasteiger partial charge is 0.392 e. The van der Waals surface area contributed by atoms with Crippen molar-refractivity contribution in [2.24, 2.45) is 7.05 Å². The van der Waals surface area contributed by atoms with Crippen LogP contribution in [0.25, 0.3) is 22.3 Å². The topological polar surface area (TPSA) is 117 Å². The van der Waals surface area contributed by atoms with Crippen LogP contribution in [-0.4, -0.2) is 68.3 Å². The molecule has 0 saturated carbocycles. The molecular weight excluding hydrogens is 494 g/mol. The van der Waals surface area contributed by atoms with Gasteiger partial charge in [-0.3, -0.25) is 14.7 Å². The number of ether oxygens (including phenoxy) is 1. The molecule has 2 aliphatic rings. The highest BCUT2D eigenvalue weighted by atomic mass is 16.5. The molecule has 0 bridgehead atoms. The van der Waals surface area contributed by atoms with Crippen molar-refractivity contribution in [2.75, 3.05) is 32.1 Å². The molecule has 4 aromatic rings. The number of anilines is 2. The van der Waals surface area contributed by atoms with E-state index in [-0.39, 0.29) is 12.0 Å². The molecular formula is C29H33N7O3. The van der Waals surface area contributed by atoms with Gasteiger partial charge in [-0.25, -0.2) is 9.97 Å². The van der Waals surface area contributed by atoms with Crippen LogP contribution in [0.3, 0.4) is 0 Å². The third-order valence-electron chi connectivity index (χ3n) is 7.60. The minimum Gasteiger partial charge on any atom is -0.392 e. The number of nitrogens with zero attached hydrogens (tertiary/aromatic N) is 5. The number of aromatic nitrogens is 4. The molecule has 202 valence electrons. The molecule has 1 fully saturated rings. The maximum Gasteiger partial charge on any atom is 0.254 e. The Morgan fingerprint density at radius 2 is 2.13 bits per heavy atom. The fourth-order valence-corrected chi connectivity index (χ4v) is 5.62. The van der Waals surface area contributed by atoms with Crippen molar-refractivity contribution in [3.8, 4) is 11.3 Å². The minimum absolute atomic E-state index is 0.128. The number of fused-ring (bicyclic) bond motifs is 2. The number of nitrogens with one attached hydrogen (secondary N) is 2. The Hall–Kier alpha value is -3.86. The van der Waals surface area contributed by atoms with Crippen molar-refractivity contribution in [3.05, 3.63) is 65.2 Å². The molecule has 0 aromatic carbocycles. The van der Waals surface area contributed by atoms with Gasteiger partial charge in [0.05, 0.1) is 34.9 Å². The summed E-state index contributed by atoms with van der Waals surface area (Å²) in [6.45, 7) is 3.27. The van der Waals surface area contributed by atoms with E-state index in [4.69, 9.17) is 14.7 Å². The minimum atomic E-state index is -0.286. The lowest BCUT2D eigenvalue weighted by Crippen LogP contribution is -2.23. The summed E-state index contributed by atoms with van der Waals surface area (Å²) in [6, 6.07) is 8.03. The Bertz CT molecular complexity index is 1530. The maximum absolute atomic E-state index is 13.0. The number of amides is 1. The van der Waals surface area contributed by atoms with E-state index in [9.17, 15) is 9.90 Å². The number of β-amino-alcohol motifs (C(OH)–C–C–N with tert-alkyl or cyclic N) is 1. The van der Waals surface area contributed by atoms with E-state index < -0.39 is 0 Å². The summed E-state index contributed by atoms with van der Waals surface area (Å²) in [5.74, 6) is 0.531. The van der Waals surface area contributed by atoms with Crippen LogP contribution in [0.15, 0.2) is 42.9 Å². The molecule has 4 aromatic heterocycles. The van der Waals surface area contributed by atoms with Crippen molar-refractivity contribution in [2.45, 2.75) is 38.5 Å². The highest BCUT2D eigenvalue weighted by molar-refractivity contribution is 6.06. The fourth-order valence-electron chi connectivity index (χ4n) is 5.62. The third kappa shape index (κ3) is 4.98. The summed E-state index contributed by atoms with van der Waals surface area (Å²) in [5, 5.41) is 17.4. The van der Waals surface area contributed by atoms with Crippen molar-refractivity contribution in [1.29, 1.82) is 0 Å². The first-order valence-corrected chi connectivity index (χ1v) is 13.4. The quantitative estimate of drug-likeness (QED) is 0.284. The number of pyridine rings is 3. The van der Waals surface area contributed by atoms with Crippen LogP contribution in [0.2, 0.25) is 0 Å². The second-order valence-electron chi connectivity index (χ2n) is 10.3. The summed E-state index contributed by atoms with van der Waals surface area (Å²) in [4.78, 5) is 29.5. The predicted octanol–water partition coefficient (Wildman–Crippen LogP) is 3.16. The van der Waals surface area contributed by atoms with Gasteiger partial charge in [-0.15, -0.1) is 0 Å². The summed E-state index contributed by atoms with van der Waals surface area (Å²) < 4.78 is 7.22. The van der Waals surface area contributed by atoms with Gasteiger partial charge in [-0.1, -0.05) is 6.07 Å². The van der Waals surface area contributed by atoms with Crippen LogP contribution in [0.4, 0.5) is 11.5 Å². The Labute approximate surface area is 227 Å². The van der Waals surface area contributed by atoms with Gasteiger partial charge >= 0.3 is 0 Å². The first kappa shape index (κ1) is 25.4. The number of carbonyl (C=O) groups excluding carboxylic acids is 1. The Balaban J connectivity index is 1.33.